The van der Waals surface area contributed by atoms with Gasteiger partial charge in [0.15, 0.2) is 0 Å². The van der Waals surface area contributed by atoms with Crippen molar-refractivity contribution in [3.63, 3.8) is 0 Å². The fourth-order valence-corrected chi connectivity index (χ4v) is 1.69. The van der Waals surface area contributed by atoms with Crippen molar-refractivity contribution in [2.75, 3.05) is 27.8 Å². The van der Waals surface area contributed by atoms with Crippen LogP contribution in [0.3, 0.4) is 0 Å². The topological polar surface area (TPSA) is 36.9 Å². The van der Waals surface area contributed by atoms with Crippen LogP contribution < -0.4 is 0 Å². The molecule has 0 unspecified atom stereocenters. The van der Waals surface area contributed by atoms with Crippen molar-refractivity contribution in [1.82, 2.24) is 0 Å². The highest BCUT2D eigenvalue weighted by atomic mass is 16.7. The summed E-state index contributed by atoms with van der Waals surface area (Å²) in [4.78, 5) is 0. The summed E-state index contributed by atoms with van der Waals surface area (Å²) in [6.45, 7) is 0.794. The van der Waals surface area contributed by atoms with Crippen molar-refractivity contribution in [2.24, 2.45) is 0 Å². The van der Waals surface area contributed by atoms with E-state index in [2.05, 4.69) is 0 Å². The second-order valence-electron chi connectivity index (χ2n) is 3.55. The third-order valence-corrected chi connectivity index (χ3v) is 2.46. The Morgan fingerprint density at radius 3 is 1.43 bits per heavy atom. The molecule has 0 bridgehead atoms. The molecule has 4 heteroatoms. The van der Waals surface area contributed by atoms with Gasteiger partial charge in [0.25, 0.3) is 0 Å². The molecule has 84 valence electrons. The highest BCUT2D eigenvalue weighted by Crippen LogP contribution is 2.23. The first-order valence-corrected chi connectivity index (χ1v) is 5.08. The van der Waals surface area contributed by atoms with Crippen LogP contribution in [0, 0.1) is 0 Å². The summed E-state index contributed by atoms with van der Waals surface area (Å²) in [6, 6.07) is 0. The maximum Gasteiger partial charge on any atom is 0.146 e. The Labute approximate surface area is 85.5 Å². The molecule has 0 aromatic rings. The maximum absolute atomic E-state index is 5.48. The first-order chi connectivity index (χ1) is 6.86. The highest BCUT2D eigenvalue weighted by molar-refractivity contribution is 4.72. The van der Waals surface area contributed by atoms with Gasteiger partial charge in [0.1, 0.15) is 13.6 Å². The van der Waals surface area contributed by atoms with E-state index in [4.69, 9.17) is 18.9 Å². The van der Waals surface area contributed by atoms with E-state index >= 15 is 0 Å². The Balaban J connectivity index is 2.05. The Bertz CT molecular complexity index is 116. The molecule has 0 spiro atoms. The van der Waals surface area contributed by atoms with Crippen LogP contribution in [0.2, 0.25) is 0 Å². The molecule has 0 heterocycles. The maximum atomic E-state index is 5.48. The zero-order valence-electron chi connectivity index (χ0n) is 9.03. The van der Waals surface area contributed by atoms with Gasteiger partial charge in [0, 0.05) is 14.2 Å². The van der Waals surface area contributed by atoms with Crippen LogP contribution in [0.25, 0.3) is 0 Å². The van der Waals surface area contributed by atoms with Crippen LogP contribution in [-0.4, -0.2) is 40.0 Å². The van der Waals surface area contributed by atoms with E-state index in [1.807, 2.05) is 0 Å². The molecular weight excluding hydrogens is 184 g/mol. The average molecular weight is 204 g/mol. The van der Waals surface area contributed by atoms with Gasteiger partial charge in [-0.3, -0.25) is 0 Å². The minimum atomic E-state index is 0.345. The number of methoxy groups -OCH3 is 2. The van der Waals surface area contributed by atoms with E-state index in [1.165, 1.54) is 0 Å². The second-order valence-corrected chi connectivity index (χ2v) is 3.55. The molecule has 0 N–H and O–H groups in total. The van der Waals surface area contributed by atoms with Gasteiger partial charge in [0.05, 0.1) is 12.2 Å². The molecule has 0 aromatic heterocycles. The Hall–Kier alpha value is -0.160. The first-order valence-electron chi connectivity index (χ1n) is 5.08. The lowest BCUT2D eigenvalue weighted by atomic mass is 9.95. The molecule has 14 heavy (non-hydrogen) atoms. The van der Waals surface area contributed by atoms with Crippen LogP contribution in [0.15, 0.2) is 0 Å². The van der Waals surface area contributed by atoms with Gasteiger partial charge in [-0.1, -0.05) is 0 Å². The molecule has 0 saturated heterocycles. The second kappa shape index (κ2) is 7.17. The number of hydrogen-bond donors (Lipinski definition) is 0. The van der Waals surface area contributed by atoms with Crippen molar-refractivity contribution in [1.29, 1.82) is 0 Å². The van der Waals surface area contributed by atoms with E-state index < -0.39 is 0 Å². The van der Waals surface area contributed by atoms with E-state index in [1.54, 1.807) is 14.2 Å². The normalized spacial score (nSPS) is 27.9. The van der Waals surface area contributed by atoms with Gasteiger partial charge < -0.3 is 18.9 Å². The lowest BCUT2D eigenvalue weighted by Crippen LogP contribution is -2.27. The summed E-state index contributed by atoms with van der Waals surface area (Å²) in [5.41, 5.74) is 0. The van der Waals surface area contributed by atoms with E-state index in [9.17, 15) is 0 Å². The zero-order valence-corrected chi connectivity index (χ0v) is 9.03. The smallest absolute Gasteiger partial charge is 0.146 e. The van der Waals surface area contributed by atoms with E-state index in [0.29, 0.717) is 25.8 Å². The minimum absolute atomic E-state index is 0.345. The lowest BCUT2D eigenvalue weighted by Gasteiger charge is -2.28. The van der Waals surface area contributed by atoms with Gasteiger partial charge >= 0.3 is 0 Å². The quantitative estimate of drug-likeness (QED) is 0.615. The SMILES string of the molecule is COCOC1CCC(OCOC)CC1. The molecular formula is C10H20O4. The molecule has 1 rings (SSSR count). The van der Waals surface area contributed by atoms with Crippen LogP contribution in [-0.2, 0) is 18.9 Å². The summed E-state index contributed by atoms with van der Waals surface area (Å²) < 4.78 is 20.7. The molecule has 0 atom stereocenters. The fraction of sp³-hybridized carbons (Fsp3) is 1.00. The molecule has 4 nitrogen and oxygen atoms in total. The van der Waals surface area contributed by atoms with Crippen molar-refractivity contribution in [3.8, 4) is 0 Å². The Kier molecular flexibility index (Phi) is 6.10. The number of rotatable bonds is 6. The molecule has 0 aliphatic heterocycles. The zero-order chi connectivity index (χ0) is 10.2. The third-order valence-electron chi connectivity index (χ3n) is 2.46. The van der Waals surface area contributed by atoms with Crippen molar-refractivity contribution in [2.45, 2.75) is 37.9 Å². The monoisotopic (exact) mass is 204 g/mol. The van der Waals surface area contributed by atoms with Gasteiger partial charge in [0.2, 0.25) is 0 Å². The van der Waals surface area contributed by atoms with Crippen molar-refractivity contribution < 1.29 is 18.9 Å². The summed E-state index contributed by atoms with van der Waals surface area (Å²) >= 11 is 0. The first kappa shape index (κ1) is 11.9. The summed E-state index contributed by atoms with van der Waals surface area (Å²) in [5, 5.41) is 0. The molecule has 1 aliphatic carbocycles. The summed E-state index contributed by atoms with van der Waals surface area (Å²) in [5.74, 6) is 0. The van der Waals surface area contributed by atoms with Crippen molar-refractivity contribution >= 4 is 0 Å². The fourth-order valence-electron chi connectivity index (χ4n) is 1.69. The van der Waals surface area contributed by atoms with E-state index in [0.717, 1.165) is 25.7 Å². The van der Waals surface area contributed by atoms with Gasteiger partial charge in [-0.05, 0) is 25.7 Å². The predicted molar refractivity (Wildman–Crippen MR) is 52.0 cm³/mol. The van der Waals surface area contributed by atoms with Crippen LogP contribution in [0.1, 0.15) is 25.7 Å². The van der Waals surface area contributed by atoms with E-state index in [-0.39, 0.29) is 0 Å². The van der Waals surface area contributed by atoms with Gasteiger partial charge in [-0.25, -0.2) is 0 Å². The van der Waals surface area contributed by atoms with Crippen LogP contribution >= 0.6 is 0 Å². The average Bonchev–Trinajstić information content (AvgIpc) is 2.25. The third kappa shape index (κ3) is 4.37. The molecule has 0 amide bonds. The summed E-state index contributed by atoms with van der Waals surface area (Å²) in [6.07, 6.45) is 4.90. The molecule has 1 saturated carbocycles. The van der Waals surface area contributed by atoms with Gasteiger partial charge in [-0.15, -0.1) is 0 Å². The van der Waals surface area contributed by atoms with Crippen LogP contribution in [0.5, 0.6) is 0 Å². The van der Waals surface area contributed by atoms with Crippen molar-refractivity contribution in [3.05, 3.63) is 0 Å². The Morgan fingerprint density at radius 2 is 1.14 bits per heavy atom. The number of ether oxygens (including phenoxy) is 4. The Morgan fingerprint density at radius 1 is 0.786 bits per heavy atom. The number of hydrogen-bond acceptors (Lipinski definition) is 4. The standard InChI is InChI=1S/C10H20O4/c1-11-7-13-9-3-5-10(6-4-9)14-8-12-2/h9-10H,3-8H2,1-2H3. The van der Waals surface area contributed by atoms with Gasteiger partial charge in [-0.2, -0.15) is 0 Å². The largest absolute Gasteiger partial charge is 0.359 e. The molecule has 1 aliphatic rings. The minimum Gasteiger partial charge on any atom is -0.359 e. The molecule has 0 radical (unpaired) electrons. The van der Waals surface area contributed by atoms with Crippen LogP contribution in [0.4, 0.5) is 0 Å². The lowest BCUT2D eigenvalue weighted by molar-refractivity contribution is -0.119. The predicted octanol–water partition coefficient (Wildman–Crippen LogP) is 1.54. The molecule has 0 aromatic carbocycles. The summed E-state index contributed by atoms with van der Waals surface area (Å²) in [7, 11) is 3.29. The molecule has 1 fully saturated rings. The highest BCUT2D eigenvalue weighted by Gasteiger charge is 2.21.